The summed E-state index contributed by atoms with van der Waals surface area (Å²) in [6.45, 7) is 0.257. The average molecular weight is 370 g/mol. The van der Waals surface area contributed by atoms with Crippen molar-refractivity contribution in [3.8, 4) is 5.75 Å². The highest BCUT2D eigenvalue weighted by Crippen LogP contribution is 2.37. The van der Waals surface area contributed by atoms with Gasteiger partial charge < -0.3 is 14.2 Å². The molecule has 0 bridgehead atoms. The quantitative estimate of drug-likeness (QED) is 0.706. The molecule has 2 aliphatic rings. The second-order valence-electron chi connectivity index (χ2n) is 7.17. The third-order valence-corrected chi connectivity index (χ3v) is 5.20. The van der Waals surface area contributed by atoms with E-state index in [2.05, 4.69) is 0 Å². The predicted octanol–water partition coefficient (Wildman–Crippen LogP) is 5.06. The van der Waals surface area contributed by atoms with E-state index in [4.69, 9.17) is 14.2 Å². The lowest BCUT2D eigenvalue weighted by Gasteiger charge is -2.28. The number of rotatable bonds is 4. The van der Waals surface area contributed by atoms with Crippen LogP contribution in [0.5, 0.6) is 5.75 Å². The minimum absolute atomic E-state index is 0.0108. The lowest BCUT2D eigenvalue weighted by atomic mass is 9.89. The number of fused-ring (bicyclic) bond motifs is 1. The van der Waals surface area contributed by atoms with Gasteiger partial charge in [-0.2, -0.15) is 0 Å². The molecule has 1 atom stereocenters. The average Bonchev–Trinajstić information content (AvgIpc) is 2.72. The molecule has 0 unspecified atom stereocenters. The van der Waals surface area contributed by atoms with E-state index in [1.54, 1.807) is 0 Å². The zero-order valence-corrected chi connectivity index (χ0v) is 15.2. The monoisotopic (exact) mass is 370 g/mol. The van der Waals surface area contributed by atoms with Gasteiger partial charge in [-0.25, -0.2) is 4.39 Å². The molecule has 1 aliphatic carbocycles. The summed E-state index contributed by atoms with van der Waals surface area (Å²) in [6.07, 6.45) is 4.50. The lowest BCUT2D eigenvalue weighted by Crippen LogP contribution is -2.22. The highest BCUT2D eigenvalue weighted by Gasteiger charge is 2.27. The summed E-state index contributed by atoms with van der Waals surface area (Å²) in [4.78, 5) is 12.3. The molecule has 2 aromatic carbocycles. The van der Waals surface area contributed by atoms with E-state index in [-0.39, 0.29) is 30.9 Å². The Bertz CT molecular complexity index is 799. The van der Waals surface area contributed by atoms with Crippen molar-refractivity contribution in [3.63, 3.8) is 0 Å². The van der Waals surface area contributed by atoms with Gasteiger partial charge in [0.1, 0.15) is 18.2 Å². The first kappa shape index (κ1) is 18.0. The lowest BCUT2D eigenvalue weighted by molar-refractivity contribution is -0.151. The van der Waals surface area contributed by atoms with Crippen LogP contribution in [0.15, 0.2) is 42.5 Å². The van der Waals surface area contributed by atoms with E-state index in [0.717, 1.165) is 31.2 Å². The molecule has 0 amide bonds. The minimum atomic E-state index is -0.558. The van der Waals surface area contributed by atoms with Crippen LogP contribution in [0.4, 0.5) is 4.39 Å². The number of halogens is 1. The third kappa shape index (κ3) is 4.14. The zero-order chi connectivity index (χ0) is 18.6. The second kappa shape index (κ2) is 8.09. The fourth-order valence-electron chi connectivity index (χ4n) is 3.76. The van der Waals surface area contributed by atoms with Crippen molar-refractivity contribution in [2.24, 2.45) is 5.92 Å². The van der Waals surface area contributed by atoms with Crippen LogP contribution in [-0.4, -0.2) is 5.97 Å². The van der Waals surface area contributed by atoms with E-state index in [9.17, 15) is 9.18 Å². The van der Waals surface area contributed by atoms with Gasteiger partial charge in [-0.3, -0.25) is 4.79 Å². The van der Waals surface area contributed by atoms with Gasteiger partial charge in [-0.15, -0.1) is 0 Å². The van der Waals surface area contributed by atoms with Crippen LogP contribution in [0.1, 0.15) is 55.1 Å². The highest BCUT2D eigenvalue weighted by molar-refractivity contribution is 5.72. The summed E-state index contributed by atoms with van der Waals surface area (Å²) in [5.74, 6) is -0.0698. The Kier molecular flexibility index (Phi) is 5.39. The maximum atomic E-state index is 14.0. The SMILES string of the molecule is O=C(OCc1cc(F)cc2c1O[C@H](c1ccccc1)OC2)C1CCCCC1. The van der Waals surface area contributed by atoms with Crippen molar-refractivity contribution >= 4 is 5.97 Å². The van der Waals surface area contributed by atoms with Gasteiger partial charge >= 0.3 is 5.97 Å². The van der Waals surface area contributed by atoms with Crippen LogP contribution < -0.4 is 4.74 Å². The molecule has 27 heavy (non-hydrogen) atoms. The van der Waals surface area contributed by atoms with Crippen LogP contribution in [-0.2, 0) is 27.5 Å². The van der Waals surface area contributed by atoms with Gasteiger partial charge in [0.15, 0.2) is 0 Å². The van der Waals surface area contributed by atoms with Gasteiger partial charge in [0.2, 0.25) is 6.29 Å². The maximum Gasteiger partial charge on any atom is 0.309 e. The summed E-state index contributed by atoms with van der Waals surface area (Å²) in [7, 11) is 0. The van der Waals surface area contributed by atoms with Crippen molar-refractivity contribution in [1.82, 2.24) is 0 Å². The third-order valence-electron chi connectivity index (χ3n) is 5.20. The Hall–Kier alpha value is -2.40. The summed E-state index contributed by atoms with van der Waals surface area (Å²) in [6, 6.07) is 12.4. The molecule has 1 aliphatic heterocycles. The Morgan fingerprint density at radius 1 is 1.11 bits per heavy atom. The molecule has 1 heterocycles. The van der Waals surface area contributed by atoms with E-state index >= 15 is 0 Å². The van der Waals surface area contributed by atoms with Gasteiger partial charge in [-0.1, -0.05) is 49.6 Å². The van der Waals surface area contributed by atoms with Crippen LogP contribution in [0.3, 0.4) is 0 Å². The summed E-state index contributed by atoms with van der Waals surface area (Å²) in [5, 5.41) is 0. The van der Waals surface area contributed by atoms with Crippen LogP contribution in [0, 0.1) is 11.7 Å². The van der Waals surface area contributed by atoms with E-state index in [1.165, 1.54) is 18.6 Å². The molecule has 5 heteroatoms. The molecule has 1 saturated carbocycles. The highest BCUT2D eigenvalue weighted by atomic mass is 19.1. The van der Waals surface area contributed by atoms with Gasteiger partial charge in [0.05, 0.1) is 12.5 Å². The largest absolute Gasteiger partial charge is 0.460 e. The number of esters is 1. The first-order chi connectivity index (χ1) is 13.2. The number of carbonyl (C=O) groups is 1. The van der Waals surface area contributed by atoms with Crippen molar-refractivity contribution in [3.05, 3.63) is 65.0 Å². The topological polar surface area (TPSA) is 44.8 Å². The Morgan fingerprint density at radius 3 is 2.67 bits per heavy atom. The molecule has 0 aromatic heterocycles. The minimum Gasteiger partial charge on any atom is -0.460 e. The van der Waals surface area contributed by atoms with Gasteiger partial charge in [-0.05, 0) is 25.0 Å². The molecule has 4 rings (SSSR count). The summed E-state index contributed by atoms with van der Waals surface area (Å²) < 4.78 is 31.2. The van der Waals surface area contributed by atoms with Crippen molar-refractivity contribution in [1.29, 1.82) is 0 Å². The van der Waals surface area contributed by atoms with Crippen molar-refractivity contribution in [2.75, 3.05) is 0 Å². The summed E-state index contributed by atoms with van der Waals surface area (Å²) >= 11 is 0. The first-order valence-electron chi connectivity index (χ1n) is 9.52. The van der Waals surface area contributed by atoms with Crippen LogP contribution >= 0.6 is 0 Å². The van der Waals surface area contributed by atoms with Crippen molar-refractivity contribution < 1.29 is 23.4 Å². The Labute approximate surface area is 158 Å². The molecule has 0 saturated heterocycles. The standard InChI is InChI=1S/C22H23FO4/c23-19-11-17(13-25-21(24)15-7-3-1-4-8-15)20-18(12-19)14-26-22(27-20)16-9-5-2-6-10-16/h2,5-6,9-12,15,22H,1,3-4,7-8,13-14H2/t22-/m1/s1. The molecule has 4 nitrogen and oxygen atoms in total. The number of hydrogen-bond donors (Lipinski definition) is 0. The molecule has 0 spiro atoms. The number of ether oxygens (including phenoxy) is 3. The van der Waals surface area contributed by atoms with Crippen molar-refractivity contribution in [2.45, 2.75) is 51.6 Å². The van der Waals surface area contributed by atoms with E-state index in [1.807, 2.05) is 30.3 Å². The van der Waals surface area contributed by atoms with Gasteiger partial charge in [0, 0.05) is 16.7 Å². The fraction of sp³-hybridized carbons (Fsp3) is 0.409. The molecule has 142 valence electrons. The molecule has 2 aromatic rings. The summed E-state index contributed by atoms with van der Waals surface area (Å²) in [5.41, 5.74) is 2.06. The molecule has 0 radical (unpaired) electrons. The molecule has 1 fully saturated rings. The molecule has 0 N–H and O–H groups in total. The number of hydrogen-bond acceptors (Lipinski definition) is 4. The normalized spacial score (nSPS) is 19.8. The van der Waals surface area contributed by atoms with Crippen LogP contribution in [0.25, 0.3) is 0 Å². The fourth-order valence-corrected chi connectivity index (χ4v) is 3.76. The molecular formula is C22H23FO4. The van der Waals surface area contributed by atoms with E-state index < -0.39 is 6.29 Å². The molecular weight excluding hydrogens is 347 g/mol. The number of carbonyl (C=O) groups excluding carboxylic acids is 1. The van der Waals surface area contributed by atoms with E-state index in [0.29, 0.717) is 16.9 Å². The van der Waals surface area contributed by atoms with Gasteiger partial charge in [0.25, 0.3) is 0 Å². The first-order valence-corrected chi connectivity index (χ1v) is 9.52. The van der Waals surface area contributed by atoms with Crippen LogP contribution in [0.2, 0.25) is 0 Å². The number of benzene rings is 2. The Morgan fingerprint density at radius 2 is 1.89 bits per heavy atom. The maximum absolute atomic E-state index is 14.0. The predicted molar refractivity (Wildman–Crippen MR) is 97.4 cm³/mol. The second-order valence-corrected chi connectivity index (χ2v) is 7.17. The Balaban J connectivity index is 1.50. The smallest absolute Gasteiger partial charge is 0.309 e. The zero-order valence-electron chi connectivity index (χ0n) is 15.2.